The molecular weight excluding hydrogens is 260 g/mol. The number of nitrogens with zero attached hydrogens (tertiary/aromatic N) is 1. The summed E-state index contributed by atoms with van der Waals surface area (Å²) >= 11 is 0. The summed E-state index contributed by atoms with van der Waals surface area (Å²) in [5, 5.41) is 3.70. The molecule has 0 aliphatic carbocycles. The lowest BCUT2D eigenvalue weighted by Gasteiger charge is -2.06. The van der Waals surface area contributed by atoms with Crippen molar-refractivity contribution >= 4 is 6.21 Å². The summed E-state index contributed by atoms with van der Waals surface area (Å²) in [4.78, 5) is 5.05. The van der Waals surface area contributed by atoms with Crippen molar-refractivity contribution in [2.24, 2.45) is 5.16 Å². The molecule has 0 unspecified atom stereocenters. The lowest BCUT2D eigenvalue weighted by Crippen LogP contribution is -1.96. The second-order valence-corrected chi connectivity index (χ2v) is 4.29. The van der Waals surface area contributed by atoms with E-state index in [0.29, 0.717) is 5.56 Å². The summed E-state index contributed by atoms with van der Waals surface area (Å²) in [7, 11) is 0. The summed E-state index contributed by atoms with van der Waals surface area (Å²) in [5.74, 6) is 0. The van der Waals surface area contributed by atoms with Gasteiger partial charge in [0.1, 0.15) is 12.8 Å². The number of aryl methyl sites for hydroxylation is 1. The molecule has 0 heterocycles. The van der Waals surface area contributed by atoms with Crippen LogP contribution in [-0.4, -0.2) is 6.21 Å². The van der Waals surface area contributed by atoms with Crippen molar-refractivity contribution in [2.75, 3.05) is 0 Å². The molecule has 2 aromatic rings. The van der Waals surface area contributed by atoms with Gasteiger partial charge in [-0.1, -0.05) is 53.7 Å². The Bertz CT molecular complexity index is 597. The molecular formula is C16H14F2NO. The maximum Gasteiger partial charge on any atom is 0.264 e. The van der Waals surface area contributed by atoms with E-state index in [0.717, 1.165) is 11.1 Å². The van der Waals surface area contributed by atoms with E-state index in [1.54, 1.807) is 18.2 Å². The monoisotopic (exact) mass is 274 g/mol. The van der Waals surface area contributed by atoms with Crippen LogP contribution in [0.2, 0.25) is 0 Å². The zero-order valence-corrected chi connectivity index (χ0v) is 11.0. The number of hydrogen-bond acceptors (Lipinski definition) is 2. The van der Waals surface area contributed by atoms with Gasteiger partial charge in [-0.05, 0) is 12.5 Å². The van der Waals surface area contributed by atoms with Gasteiger partial charge >= 0.3 is 0 Å². The van der Waals surface area contributed by atoms with E-state index < -0.39 is 6.43 Å². The van der Waals surface area contributed by atoms with Crippen molar-refractivity contribution in [2.45, 2.75) is 20.0 Å². The second kappa shape index (κ2) is 6.80. The third-order valence-electron chi connectivity index (χ3n) is 2.89. The first kappa shape index (κ1) is 14.2. The summed E-state index contributed by atoms with van der Waals surface area (Å²) in [6.07, 6.45) is 0.232. The maximum atomic E-state index is 12.8. The molecule has 2 nitrogen and oxygen atoms in total. The van der Waals surface area contributed by atoms with Gasteiger partial charge in [-0.25, -0.2) is 8.78 Å². The fourth-order valence-electron chi connectivity index (χ4n) is 1.76. The fraction of sp³-hybridized carbons (Fsp3) is 0.188. The number of benzene rings is 2. The highest BCUT2D eigenvalue weighted by Crippen LogP contribution is 2.23. The molecule has 0 fully saturated rings. The first-order chi connectivity index (χ1) is 9.68. The summed E-state index contributed by atoms with van der Waals surface area (Å²) < 4.78 is 25.5. The Labute approximate surface area is 116 Å². The van der Waals surface area contributed by atoms with Crippen LogP contribution < -0.4 is 0 Å². The van der Waals surface area contributed by atoms with Crippen molar-refractivity contribution in [3.8, 4) is 0 Å². The Hall–Kier alpha value is -2.23. The van der Waals surface area contributed by atoms with Gasteiger partial charge in [-0.3, -0.25) is 0 Å². The minimum atomic E-state index is -2.51. The molecule has 0 saturated heterocycles. The molecule has 4 heteroatoms. The van der Waals surface area contributed by atoms with Crippen LogP contribution in [0, 0.1) is 6.92 Å². The number of alkyl halides is 2. The van der Waals surface area contributed by atoms with E-state index in [2.05, 4.69) is 11.4 Å². The minimum Gasteiger partial charge on any atom is -0.390 e. The predicted molar refractivity (Wildman–Crippen MR) is 73.9 cm³/mol. The average molecular weight is 274 g/mol. The third-order valence-corrected chi connectivity index (χ3v) is 2.89. The molecule has 20 heavy (non-hydrogen) atoms. The minimum absolute atomic E-state index is 0.000601. The van der Waals surface area contributed by atoms with Gasteiger partial charge in [-0.2, -0.15) is 0 Å². The summed E-state index contributed by atoms with van der Waals surface area (Å²) in [5.41, 5.74) is 2.24. The van der Waals surface area contributed by atoms with Crippen molar-refractivity contribution < 1.29 is 13.6 Å². The highest BCUT2D eigenvalue weighted by molar-refractivity contribution is 5.81. The summed E-state index contributed by atoms with van der Waals surface area (Å²) in [6.45, 7) is 1.93. The molecule has 0 bridgehead atoms. The molecule has 0 atom stereocenters. The largest absolute Gasteiger partial charge is 0.390 e. The smallest absolute Gasteiger partial charge is 0.264 e. The summed E-state index contributed by atoms with van der Waals surface area (Å²) in [6, 6.07) is 13.8. The number of rotatable bonds is 5. The van der Waals surface area contributed by atoms with Crippen molar-refractivity contribution in [3.63, 3.8) is 0 Å². The van der Waals surface area contributed by atoms with Crippen LogP contribution in [0.1, 0.15) is 28.7 Å². The number of hydrogen-bond donors (Lipinski definition) is 0. The molecule has 0 N–H and O–H groups in total. The lowest BCUT2D eigenvalue weighted by molar-refractivity contribution is 0.120. The third kappa shape index (κ3) is 3.63. The maximum absolute atomic E-state index is 12.8. The van der Waals surface area contributed by atoms with E-state index in [9.17, 15) is 8.78 Å². The Kier molecular flexibility index (Phi) is 4.82. The zero-order chi connectivity index (χ0) is 14.4. The van der Waals surface area contributed by atoms with Crippen LogP contribution >= 0.6 is 0 Å². The molecule has 0 spiro atoms. The van der Waals surface area contributed by atoms with Crippen LogP contribution in [0.5, 0.6) is 0 Å². The average Bonchev–Trinajstić information content (AvgIpc) is 2.45. The molecule has 0 amide bonds. The SMILES string of the molecule is Cc1ccccc1/[C]=N\OCc1ccccc1C(F)F. The predicted octanol–water partition coefficient (Wildman–Crippen LogP) is 4.36. The van der Waals surface area contributed by atoms with Crippen LogP contribution in [0.25, 0.3) is 0 Å². The Morgan fingerprint density at radius 3 is 2.55 bits per heavy atom. The molecule has 0 aliphatic rings. The topological polar surface area (TPSA) is 21.6 Å². The molecule has 2 aromatic carbocycles. The van der Waals surface area contributed by atoms with Crippen LogP contribution in [-0.2, 0) is 11.4 Å². The molecule has 1 radical (unpaired) electrons. The van der Waals surface area contributed by atoms with Crippen molar-refractivity contribution in [1.29, 1.82) is 0 Å². The molecule has 0 aromatic heterocycles. The van der Waals surface area contributed by atoms with E-state index in [1.165, 1.54) is 6.07 Å². The van der Waals surface area contributed by atoms with E-state index >= 15 is 0 Å². The fourth-order valence-corrected chi connectivity index (χ4v) is 1.76. The standard InChI is InChI=1S/C16H14F2NO/c1-12-6-2-3-7-13(12)10-19-20-11-14-8-4-5-9-15(14)16(17)18/h2-9,16H,11H2,1H3. The van der Waals surface area contributed by atoms with Gasteiger partial charge in [0.2, 0.25) is 0 Å². The molecule has 0 saturated carbocycles. The van der Waals surface area contributed by atoms with Gasteiger partial charge in [0.15, 0.2) is 0 Å². The first-order valence-electron chi connectivity index (χ1n) is 6.18. The normalized spacial score (nSPS) is 11.2. The molecule has 103 valence electrons. The van der Waals surface area contributed by atoms with Gasteiger partial charge in [-0.15, -0.1) is 0 Å². The molecule has 2 rings (SSSR count). The highest BCUT2D eigenvalue weighted by Gasteiger charge is 2.11. The number of halogens is 2. The van der Waals surface area contributed by atoms with E-state index in [1.807, 2.05) is 31.2 Å². The van der Waals surface area contributed by atoms with Crippen LogP contribution in [0.4, 0.5) is 8.78 Å². The van der Waals surface area contributed by atoms with E-state index in [4.69, 9.17) is 4.84 Å². The first-order valence-corrected chi connectivity index (χ1v) is 6.18. The van der Waals surface area contributed by atoms with E-state index in [-0.39, 0.29) is 12.2 Å². The molecule has 0 aliphatic heterocycles. The van der Waals surface area contributed by atoms with Gasteiger partial charge in [0.25, 0.3) is 6.43 Å². The van der Waals surface area contributed by atoms with Crippen LogP contribution in [0.15, 0.2) is 53.7 Å². The van der Waals surface area contributed by atoms with Crippen LogP contribution in [0.3, 0.4) is 0 Å². The van der Waals surface area contributed by atoms with Gasteiger partial charge in [0.05, 0.1) is 0 Å². The Morgan fingerprint density at radius 1 is 1.10 bits per heavy atom. The second-order valence-electron chi connectivity index (χ2n) is 4.29. The highest BCUT2D eigenvalue weighted by atomic mass is 19.3. The lowest BCUT2D eigenvalue weighted by atomic mass is 10.1. The Balaban J connectivity index is 1.98. The quantitative estimate of drug-likeness (QED) is 0.586. The van der Waals surface area contributed by atoms with Crippen molar-refractivity contribution in [3.05, 3.63) is 70.8 Å². The Morgan fingerprint density at radius 2 is 1.80 bits per heavy atom. The van der Waals surface area contributed by atoms with Gasteiger partial charge in [0, 0.05) is 16.7 Å². The van der Waals surface area contributed by atoms with Crippen molar-refractivity contribution in [1.82, 2.24) is 0 Å². The van der Waals surface area contributed by atoms with Gasteiger partial charge < -0.3 is 4.84 Å². The zero-order valence-electron chi connectivity index (χ0n) is 11.0.